The lowest BCUT2D eigenvalue weighted by atomic mass is 10.2. The Hall–Kier alpha value is -3.81. The van der Waals surface area contributed by atoms with Gasteiger partial charge in [0.05, 0.1) is 12.8 Å². The van der Waals surface area contributed by atoms with Crippen molar-refractivity contribution in [3.05, 3.63) is 66.0 Å². The van der Waals surface area contributed by atoms with Gasteiger partial charge in [0, 0.05) is 30.0 Å². The van der Waals surface area contributed by atoms with E-state index in [9.17, 15) is 9.59 Å². The van der Waals surface area contributed by atoms with Crippen LogP contribution in [0.15, 0.2) is 54.6 Å². The Morgan fingerprint density at radius 1 is 0.935 bits per heavy atom. The summed E-state index contributed by atoms with van der Waals surface area (Å²) in [6.45, 7) is 4.22. The van der Waals surface area contributed by atoms with Gasteiger partial charge in [-0.25, -0.2) is 0 Å². The number of aromatic nitrogens is 2. The Morgan fingerprint density at radius 2 is 1.61 bits per heavy atom. The number of aryl methyl sites for hydroxylation is 3. The van der Waals surface area contributed by atoms with Crippen LogP contribution in [0, 0.1) is 13.8 Å². The predicted octanol–water partition coefficient (Wildman–Crippen LogP) is 3.55. The molecule has 1 heterocycles. The molecule has 0 aliphatic rings. The van der Waals surface area contributed by atoms with Gasteiger partial charge in [0.15, 0.2) is 18.1 Å². The van der Waals surface area contributed by atoms with Crippen LogP contribution in [0.5, 0.6) is 11.5 Å². The van der Waals surface area contributed by atoms with E-state index in [2.05, 4.69) is 15.7 Å². The van der Waals surface area contributed by atoms with Gasteiger partial charge in [-0.1, -0.05) is 18.2 Å². The lowest BCUT2D eigenvalue weighted by Gasteiger charge is -2.11. The van der Waals surface area contributed by atoms with Crippen molar-refractivity contribution in [2.24, 2.45) is 0 Å². The number of rotatable bonds is 9. The van der Waals surface area contributed by atoms with Crippen molar-refractivity contribution < 1.29 is 19.1 Å². The van der Waals surface area contributed by atoms with Crippen LogP contribution in [0.2, 0.25) is 0 Å². The zero-order valence-corrected chi connectivity index (χ0v) is 17.8. The molecule has 3 rings (SSSR count). The molecular weight excluding hydrogens is 396 g/mol. The fourth-order valence-electron chi connectivity index (χ4n) is 3.09. The van der Waals surface area contributed by atoms with Crippen LogP contribution in [-0.2, 0) is 16.1 Å². The average molecular weight is 422 g/mol. The van der Waals surface area contributed by atoms with E-state index < -0.39 is 0 Å². The minimum Gasteiger partial charge on any atom is -0.493 e. The Kier molecular flexibility index (Phi) is 7.26. The number of nitrogens with one attached hydrogen (secondary N) is 2. The number of hydrogen-bond donors (Lipinski definition) is 2. The summed E-state index contributed by atoms with van der Waals surface area (Å²) in [5, 5.41) is 9.96. The van der Waals surface area contributed by atoms with E-state index >= 15 is 0 Å². The van der Waals surface area contributed by atoms with Crippen LogP contribution in [-0.4, -0.2) is 35.3 Å². The van der Waals surface area contributed by atoms with Gasteiger partial charge in [0.25, 0.3) is 5.91 Å². The maximum absolute atomic E-state index is 12.3. The highest BCUT2D eigenvalue weighted by molar-refractivity contribution is 5.94. The summed E-state index contributed by atoms with van der Waals surface area (Å²) >= 11 is 0. The SMILES string of the molecule is COc1ccccc1OCC(=O)Nc1cccc(NC(=O)CCn2nc(C)cc2C)c1. The fourth-order valence-corrected chi connectivity index (χ4v) is 3.09. The second kappa shape index (κ2) is 10.3. The van der Waals surface area contributed by atoms with Crippen molar-refractivity contribution in [1.29, 1.82) is 0 Å². The summed E-state index contributed by atoms with van der Waals surface area (Å²) in [5.74, 6) is 0.596. The van der Waals surface area contributed by atoms with Crippen molar-refractivity contribution in [3.8, 4) is 11.5 Å². The number of hydrogen-bond acceptors (Lipinski definition) is 5. The second-order valence-corrected chi connectivity index (χ2v) is 7.02. The highest BCUT2D eigenvalue weighted by Gasteiger charge is 2.09. The van der Waals surface area contributed by atoms with Crippen LogP contribution in [0.1, 0.15) is 17.8 Å². The van der Waals surface area contributed by atoms with Crippen LogP contribution >= 0.6 is 0 Å². The van der Waals surface area contributed by atoms with Crippen LogP contribution in [0.25, 0.3) is 0 Å². The molecule has 31 heavy (non-hydrogen) atoms. The first kappa shape index (κ1) is 21.9. The summed E-state index contributed by atoms with van der Waals surface area (Å²) in [4.78, 5) is 24.5. The third-order valence-corrected chi connectivity index (χ3v) is 4.51. The smallest absolute Gasteiger partial charge is 0.262 e. The summed E-state index contributed by atoms with van der Waals surface area (Å²) in [6.07, 6.45) is 0.297. The predicted molar refractivity (Wildman–Crippen MR) is 119 cm³/mol. The highest BCUT2D eigenvalue weighted by Crippen LogP contribution is 2.25. The molecule has 0 bridgehead atoms. The third kappa shape index (κ3) is 6.33. The number of benzene rings is 2. The summed E-state index contributed by atoms with van der Waals surface area (Å²) in [6, 6.07) is 16.0. The topological polar surface area (TPSA) is 94.5 Å². The first-order chi connectivity index (χ1) is 14.9. The molecule has 2 aromatic carbocycles. The minimum absolute atomic E-state index is 0.129. The molecule has 0 unspecified atom stereocenters. The Labute approximate surface area is 181 Å². The first-order valence-electron chi connectivity index (χ1n) is 9.91. The standard InChI is InChI=1S/C23H26N4O4/c1-16-13-17(2)27(26-16)12-11-22(28)24-18-7-6-8-19(14-18)25-23(29)15-31-21-10-5-4-9-20(21)30-3/h4-10,13-14H,11-12,15H2,1-3H3,(H,24,28)(H,25,29). The first-order valence-corrected chi connectivity index (χ1v) is 9.91. The number of anilines is 2. The van der Waals surface area contributed by atoms with Crippen molar-refractivity contribution in [2.75, 3.05) is 24.4 Å². The number of methoxy groups -OCH3 is 1. The fraction of sp³-hybridized carbons (Fsp3) is 0.261. The number of amides is 2. The molecule has 0 aliphatic carbocycles. The van der Waals surface area contributed by atoms with Crippen LogP contribution in [0.4, 0.5) is 11.4 Å². The van der Waals surface area contributed by atoms with Gasteiger partial charge in [-0.05, 0) is 50.2 Å². The molecule has 3 aromatic rings. The van der Waals surface area contributed by atoms with Gasteiger partial charge >= 0.3 is 0 Å². The van der Waals surface area contributed by atoms with E-state index in [1.54, 1.807) is 49.6 Å². The molecule has 162 valence electrons. The van der Waals surface area contributed by atoms with Gasteiger partial charge < -0.3 is 20.1 Å². The molecule has 0 radical (unpaired) electrons. The van der Waals surface area contributed by atoms with Gasteiger partial charge in [-0.3, -0.25) is 14.3 Å². The van der Waals surface area contributed by atoms with E-state index in [1.807, 2.05) is 30.7 Å². The third-order valence-electron chi connectivity index (χ3n) is 4.51. The van der Waals surface area contributed by atoms with E-state index in [1.165, 1.54) is 0 Å². The van der Waals surface area contributed by atoms with Crippen LogP contribution < -0.4 is 20.1 Å². The normalized spacial score (nSPS) is 10.4. The Bertz CT molecular complexity index is 1060. The zero-order chi connectivity index (χ0) is 22.2. The number of carbonyl (C=O) groups excluding carboxylic acids is 2. The van der Waals surface area contributed by atoms with E-state index in [0.29, 0.717) is 35.8 Å². The quantitative estimate of drug-likeness (QED) is 0.550. The van der Waals surface area contributed by atoms with E-state index in [4.69, 9.17) is 9.47 Å². The maximum atomic E-state index is 12.3. The monoisotopic (exact) mass is 422 g/mol. The molecule has 0 atom stereocenters. The Balaban J connectivity index is 1.50. The minimum atomic E-state index is -0.320. The Morgan fingerprint density at radius 3 is 2.26 bits per heavy atom. The molecular formula is C23H26N4O4. The molecule has 8 heteroatoms. The molecule has 0 spiro atoms. The molecule has 0 fully saturated rings. The molecule has 8 nitrogen and oxygen atoms in total. The number of para-hydroxylation sites is 2. The summed E-state index contributed by atoms with van der Waals surface area (Å²) in [5.41, 5.74) is 3.10. The number of carbonyl (C=O) groups is 2. The molecule has 2 amide bonds. The zero-order valence-electron chi connectivity index (χ0n) is 17.8. The highest BCUT2D eigenvalue weighted by atomic mass is 16.5. The van der Waals surface area contributed by atoms with Crippen molar-refractivity contribution >= 4 is 23.2 Å². The maximum Gasteiger partial charge on any atom is 0.262 e. The molecule has 0 aliphatic heterocycles. The van der Waals surface area contributed by atoms with Gasteiger partial charge in [0.1, 0.15) is 0 Å². The van der Waals surface area contributed by atoms with E-state index in [-0.39, 0.29) is 18.4 Å². The second-order valence-electron chi connectivity index (χ2n) is 7.02. The molecule has 0 saturated carbocycles. The van der Waals surface area contributed by atoms with Crippen molar-refractivity contribution in [3.63, 3.8) is 0 Å². The summed E-state index contributed by atoms with van der Waals surface area (Å²) in [7, 11) is 1.54. The van der Waals surface area contributed by atoms with Gasteiger partial charge in [-0.2, -0.15) is 5.10 Å². The number of nitrogens with zero attached hydrogens (tertiary/aromatic N) is 2. The molecule has 1 aromatic heterocycles. The summed E-state index contributed by atoms with van der Waals surface area (Å²) < 4.78 is 12.5. The molecule has 2 N–H and O–H groups in total. The van der Waals surface area contributed by atoms with Gasteiger partial charge in [-0.15, -0.1) is 0 Å². The lowest BCUT2D eigenvalue weighted by molar-refractivity contribution is -0.118. The van der Waals surface area contributed by atoms with Crippen molar-refractivity contribution in [1.82, 2.24) is 9.78 Å². The van der Waals surface area contributed by atoms with Crippen LogP contribution in [0.3, 0.4) is 0 Å². The van der Waals surface area contributed by atoms with Gasteiger partial charge in [0.2, 0.25) is 5.91 Å². The van der Waals surface area contributed by atoms with Crippen molar-refractivity contribution in [2.45, 2.75) is 26.8 Å². The number of ether oxygens (including phenoxy) is 2. The van der Waals surface area contributed by atoms with E-state index in [0.717, 1.165) is 11.4 Å². The largest absolute Gasteiger partial charge is 0.493 e. The average Bonchev–Trinajstić information content (AvgIpc) is 3.08. The lowest BCUT2D eigenvalue weighted by Crippen LogP contribution is -2.20. The molecule has 0 saturated heterocycles.